The van der Waals surface area contributed by atoms with Crippen molar-refractivity contribution in [3.63, 3.8) is 0 Å². The number of ether oxygens (including phenoxy) is 1. The van der Waals surface area contributed by atoms with Crippen LogP contribution in [0.5, 0.6) is 0 Å². The standard InChI is InChI=1S/C29H36N4O3/c1-32-13-10-21(17-28(32)34)26-9-11-30-18-27(26)29(35)33(24-7-8-24)19-22-16-23(31-12-14-36-2)15-20-5-3-4-6-25(20)22/h3-6,10,13,15-17,24,26-27,30-31H,7-9,11-12,14,18-19H2,1-2H3/t26?,27-/m0/s1. The van der Waals surface area contributed by atoms with E-state index in [1.807, 2.05) is 12.3 Å². The fraction of sp³-hybridized carbons (Fsp3) is 0.448. The summed E-state index contributed by atoms with van der Waals surface area (Å²) in [5, 5.41) is 9.23. The Labute approximate surface area is 212 Å². The van der Waals surface area contributed by atoms with Crippen LogP contribution in [0, 0.1) is 5.92 Å². The number of hydrogen-bond donors (Lipinski definition) is 2. The molecule has 0 spiro atoms. The van der Waals surface area contributed by atoms with Gasteiger partial charge in [0.25, 0.3) is 5.56 Å². The van der Waals surface area contributed by atoms with Gasteiger partial charge in [0.2, 0.25) is 5.91 Å². The van der Waals surface area contributed by atoms with Gasteiger partial charge in [-0.15, -0.1) is 0 Å². The molecule has 36 heavy (non-hydrogen) atoms. The summed E-state index contributed by atoms with van der Waals surface area (Å²) in [7, 11) is 3.46. The first-order valence-electron chi connectivity index (χ1n) is 13.0. The molecule has 0 bridgehead atoms. The van der Waals surface area contributed by atoms with Gasteiger partial charge in [0.05, 0.1) is 12.5 Å². The van der Waals surface area contributed by atoms with E-state index < -0.39 is 0 Å². The second-order valence-corrected chi connectivity index (χ2v) is 10.1. The Morgan fingerprint density at radius 2 is 2.00 bits per heavy atom. The number of amides is 1. The number of pyridine rings is 1. The lowest BCUT2D eigenvalue weighted by Crippen LogP contribution is -2.47. The minimum absolute atomic E-state index is 0.0273. The highest BCUT2D eigenvalue weighted by Gasteiger charge is 2.40. The van der Waals surface area contributed by atoms with Crippen LogP contribution in [0.15, 0.2) is 59.5 Å². The summed E-state index contributed by atoms with van der Waals surface area (Å²) in [5.74, 6) is 0.0608. The molecule has 2 N–H and O–H groups in total. The van der Waals surface area contributed by atoms with Crippen LogP contribution < -0.4 is 16.2 Å². The van der Waals surface area contributed by atoms with Crippen molar-refractivity contribution in [3.05, 3.63) is 76.2 Å². The largest absolute Gasteiger partial charge is 0.383 e. The lowest BCUT2D eigenvalue weighted by atomic mass is 9.80. The minimum Gasteiger partial charge on any atom is -0.383 e. The number of benzene rings is 2. The monoisotopic (exact) mass is 488 g/mol. The Morgan fingerprint density at radius 3 is 2.78 bits per heavy atom. The molecule has 2 atom stereocenters. The molecule has 1 aliphatic carbocycles. The fourth-order valence-corrected chi connectivity index (χ4v) is 5.40. The number of carbonyl (C=O) groups excluding carboxylic acids is 1. The van der Waals surface area contributed by atoms with Gasteiger partial charge in [-0.25, -0.2) is 0 Å². The van der Waals surface area contributed by atoms with Crippen molar-refractivity contribution in [1.29, 1.82) is 0 Å². The van der Waals surface area contributed by atoms with Crippen LogP contribution >= 0.6 is 0 Å². The van der Waals surface area contributed by atoms with Gasteiger partial charge >= 0.3 is 0 Å². The van der Waals surface area contributed by atoms with Crippen LogP contribution in [0.25, 0.3) is 10.8 Å². The Bertz CT molecular complexity index is 1280. The zero-order valence-electron chi connectivity index (χ0n) is 21.2. The molecule has 2 fully saturated rings. The quantitative estimate of drug-likeness (QED) is 0.451. The van der Waals surface area contributed by atoms with E-state index in [1.165, 1.54) is 5.39 Å². The molecule has 7 nitrogen and oxygen atoms in total. The Balaban J connectivity index is 1.44. The number of fused-ring (bicyclic) bond motifs is 1. The highest BCUT2D eigenvalue weighted by molar-refractivity contribution is 5.90. The maximum Gasteiger partial charge on any atom is 0.250 e. The van der Waals surface area contributed by atoms with Crippen molar-refractivity contribution in [2.45, 2.75) is 37.8 Å². The van der Waals surface area contributed by atoms with Crippen molar-refractivity contribution >= 4 is 22.4 Å². The maximum absolute atomic E-state index is 14.1. The molecule has 1 saturated carbocycles. The van der Waals surface area contributed by atoms with E-state index in [2.05, 4.69) is 51.9 Å². The molecule has 1 saturated heterocycles. The van der Waals surface area contributed by atoms with Crippen molar-refractivity contribution in [3.8, 4) is 0 Å². The third-order valence-electron chi connectivity index (χ3n) is 7.55. The Kier molecular flexibility index (Phi) is 7.39. The summed E-state index contributed by atoms with van der Waals surface area (Å²) in [6, 6.07) is 16.7. The highest BCUT2D eigenvalue weighted by atomic mass is 16.5. The van der Waals surface area contributed by atoms with E-state index in [0.29, 0.717) is 19.7 Å². The zero-order valence-corrected chi connectivity index (χ0v) is 21.2. The average Bonchev–Trinajstić information content (AvgIpc) is 3.74. The smallest absolute Gasteiger partial charge is 0.250 e. The zero-order chi connectivity index (χ0) is 25.1. The van der Waals surface area contributed by atoms with E-state index in [4.69, 9.17) is 4.74 Å². The molecular weight excluding hydrogens is 452 g/mol. The molecule has 1 aromatic heterocycles. The lowest BCUT2D eigenvalue weighted by Gasteiger charge is -2.36. The molecular formula is C29H36N4O3. The first kappa shape index (κ1) is 24.5. The molecule has 0 radical (unpaired) electrons. The van der Waals surface area contributed by atoms with Gasteiger partial charge in [0, 0.05) is 57.8 Å². The number of methoxy groups -OCH3 is 1. The van der Waals surface area contributed by atoms with Gasteiger partial charge in [-0.1, -0.05) is 24.3 Å². The molecule has 5 rings (SSSR count). The van der Waals surface area contributed by atoms with E-state index in [0.717, 1.165) is 54.6 Å². The molecule has 1 amide bonds. The van der Waals surface area contributed by atoms with Gasteiger partial charge in [-0.05, 0) is 71.8 Å². The average molecular weight is 489 g/mol. The van der Waals surface area contributed by atoms with Crippen molar-refractivity contribution < 1.29 is 9.53 Å². The molecule has 3 aromatic rings. The van der Waals surface area contributed by atoms with E-state index in [-0.39, 0.29) is 29.3 Å². The number of piperidine rings is 1. The Morgan fingerprint density at radius 1 is 1.17 bits per heavy atom. The van der Waals surface area contributed by atoms with Gasteiger partial charge in [0.15, 0.2) is 0 Å². The minimum atomic E-state index is -0.180. The number of aryl methyl sites for hydroxylation is 1. The van der Waals surface area contributed by atoms with Gasteiger partial charge < -0.3 is 24.8 Å². The third kappa shape index (κ3) is 5.32. The number of aromatic nitrogens is 1. The van der Waals surface area contributed by atoms with Gasteiger partial charge in [0.1, 0.15) is 0 Å². The number of carbonyl (C=O) groups is 1. The predicted molar refractivity (Wildman–Crippen MR) is 143 cm³/mol. The second-order valence-electron chi connectivity index (χ2n) is 10.1. The molecule has 1 unspecified atom stereocenters. The molecule has 2 aliphatic rings. The van der Waals surface area contributed by atoms with Crippen LogP contribution in [-0.4, -0.2) is 54.8 Å². The number of nitrogens with zero attached hydrogens (tertiary/aromatic N) is 2. The number of rotatable bonds is 9. The maximum atomic E-state index is 14.1. The van der Waals surface area contributed by atoms with Crippen LogP contribution in [-0.2, 0) is 23.1 Å². The number of nitrogens with one attached hydrogen (secondary N) is 2. The summed E-state index contributed by atoms with van der Waals surface area (Å²) in [6.45, 7) is 3.44. The molecule has 1 aliphatic heterocycles. The van der Waals surface area contributed by atoms with Crippen molar-refractivity contribution in [2.75, 3.05) is 38.7 Å². The van der Waals surface area contributed by atoms with Gasteiger partial charge in [-0.2, -0.15) is 0 Å². The Hall–Kier alpha value is -3.16. The SMILES string of the molecule is COCCNc1cc(CN(C(=O)[C@H]2CNCCC2c2ccn(C)c(=O)c2)C2CC2)c2ccccc2c1. The number of anilines is 1. The molecule has 7 heteroatoms. The lowest BCUT2D eigenvalue weighted by molar-refractivity contribution is -0.138. The third-order valence-corrected chi connectivity index (χ3v) is 7.55. The van der Waals surface area contributed by atoms with Crippen molar-refractivity contribution in [2.24, 2.45) is 13.0 Å². The van der Waals surface area contributed by atoms with Crippen LogP contribution in [0.1, 0.15) is 36.3 Å². The molecule has 2 aromatic carbocycles. The summed E-state index contributed by atoms with van der Waals surface area (Å²) >= 11 is 0. The van der Waals surface area contributed by atoms with Crippen LogP contribution in [0.2, 0.25) is 0 Å². The normalized spacial score (nSPS) is 19.8. The van der Waals surface area contributed by atoms with E-state index >= 15 is 0 Å². The van der Waals surface area contributed by atoms with Crippen molar-refractivity contribution in [1.82, 2.24) is 14.8 Å². The fourth-order valence-electron chi connectivity index (χ4n) is 5.40. The van der Waals surface area contributed by atoms with Crippen LogP contribution in [0.3, 0.4) is 0 Å². The summed E-state index contributed by atoms with van der Waals surface area (Å²) in [6.07, 6.45) is 4.76. The first-order chi connectivity index (χ1) is 17.5. The molecule has 190 valence electrons. The highest BCUT2D eigenvalue weighted by Crippen LogP contribution is 2.37. The van der Waals surface area contributed by atoms with Gasteiger partial charge in [-0.3, -0.25) is 9.59 Å². The summed E-state index contributed by atoms with van der Waals surface area (Å²) in [5.41, 5.74) is 3.15. The summed E-state index contributed by atoms with van der Waals surface area (Å²) in [4.78, 5) is 28.6. The van der Waals surface area contributed by atoms with E-state index in [1.54, 1.807) is 24.8 Å². The van der Waals surface area contributed by atoms with E-state index in [9.17, 15) is 9.59 Å². The summed E-state index contributed by atoms with van der Waals surface area (Å²) < 4.78 is 6.78. The number of hydrogen-bond acceptors (Lipinski definition) is 5. The predicted octanol–water partition coefficient (Wildman–Crippen LogP) is 3.48. The second kappa shape index (κ2) is 10.8. The topological polar surface area (TPSA) is 75.6 Å². The molecule has 2 heterocycles. The van der Waals surface area contributed by atoms with Crippen LogP contribution in [0.4, 0.5) is 5.69 Å². The first-order valence-corrected chi connectivity index (χ1v) is 13.0.